The molecule has 1 heterocycles. The van der Waals surface area contributed by atoms with Crippen LogP contribution >= 0.6 is 0 Å². The minimum absolute atomic E-state index is 1.15. The van der Waals surface area contributed by atoms with Crippen LogP contribution in [0.5, 0.6) is 0 Å². The van der Waals surface area contributed by atoms with E-state index in [1.807, 2.05) is 13.2 Å². The standard InChI is InChI=1S/C9H10N2.C6H15N/c1-10-8-2-3-9-7(6-8)4-5-11-9;1-4-7(5-2)6-3/h2-6,10-11H,1H3;4-6H2,1-3H3. The number of nitrogens with one attached hydrogen (secondary N) is 2. The van der Waals surface area contributed by atoms with E-state index in [4.69, 9.17) is 0 Å². The van der Waals surface area contributed by atoms with Crippen LogP contribution in [0.2, 0.25) is 0 Å². The SMILES string of the molecule is CCN(CC)CC.CNc1ccc2[nH]ccc2c1. The second-order valence-electron chi connectivity index (χ2n) is 4.15. The average molecular weight is 247 g/mol. The fraction of sp³-hybridized carbons (Fsp3) is 0.467. The molecule has 0 aliphatic heterocycles. The minimum Gasteiger partial charge on any atom is -0.388 e. The number of benzene rings is 1. The van der Waals surface area contributed by atoms with Crippen LogP contribution in [0.1, 0.15) is 20.8 Å². The van der Waals surface area contributed by atoms with Crippen LogP contribution in [0.4, 0.5) is 5.69 Å². The normalized spacial score (nSPS) is 10.3. The van der Waals surface area contributed by atoms with Gasteiger partial charge in [0.2, 0.25) is 0 Å². The molecule has 0 bridgehead atoms. The molecule has 3 nitrogen and oxygen atoms in total. The van der Waals surface area contributed by atoms with Gasteiger partial charge in [-0.15, -0.1) is 0 Å². The van der Waals surface area contributed by atoms with E-state index in [1.165, 1.54) is 30.5 Å². The molecule has 18 heavy (non-hydrogen) atoms. The molecule has 2 aromatic rings. The highest BCUT2D eigenvalue weighted by Crippen LogP contribution is 2.16. The number of aromatic amines is 1. The van der Waals surface area contributed by atoms with Gasteiger partial charge in [0.25, 0.3) is 0 Å². The number of H-pyrrole nitrogens is 1. The summed E-state index contributed by atoms with van der Waals surface area (Å²) in [7, 11) is 1.92. The molecule has 0 saturated heterocycles. The Balaban J connectivity index is 0.000000203. The average Bonchev–Trinajstić information content (AvgIpc) is 2.88. The van der Waals surface area contributed by atoms with E-state index < -0.39 is 0 Å². The van der Waals surface area contributed by atoms with Crippen LogP contribution in [-0.4, -0.2) is 36.6 Å². The van der Waals surface area contributed by atoms with E-state index in [-0.39, 0.29) is 0 Å². The number of hydrogen-bond donors (Lipinski definition) is 2. The molecule has 0 unspecified atom stereocenters. The van der Waals surface area contributed by atoms with E-state index in [1.54, 1.807) is 0 Å². The second kappa shape index (κ2) is 7.77. The molecule has 0 saturated carbocycles. The summed E-state index contributed by atoms with van der Waals surface area (Å²) < 4.78 is 0. The fourth-order valence-electron chi connectivity index (χ4n) is 1.88. The van der Waals surface area contributed by atoms with Crippen molar-refractivity contribution in [2.45, 2.75) is 20.8 Å². The smallest absolute Gasteiger partial charge is 0.0455 e. The lowest BCUT2D eigenvalue weighted by Gasteiger charge is -2.13. The summed E-state index contributed by atoms with van der Waals surface area (Å²) in [5.74, 6) is 0. The van der Waals surface area contributed by atoms with Crippen molar-refractivity contribution in [3.05, 3.63) is 30.5 Å². The molecule has 0 amide bonds. The molecule has 0 atom stereocenters. The topological polar surface area (TPSA) is 31.1 Å². The van der Waals surface area contributed by atoms with Crippen LogP contribution in [0.25, 0.3) is 10.9 Å². The number of rotatable bonds is 4. The van der Waals surface area contributed by atoms with Crippen LogP contribution in [0.15, 0.2) is 30.5 Å². The maximum atomic E-state index is 3.14. The van der Waals surface area contributed by atoms with E-state index in [2.05, 4.69) is 60.2 Å². The molecule has 2 rings (SSSR count). The van der Waals surface area contributed by atoms with Gasteiger partial charge in [0.15, 0.2) is 0 Å². The zero-order valence-electron chi connectivity index (χ0n) is 12.0. The van der Waals surface area contributed by atoms with E-state index in [9.17, 15) is 0 Å². The predicted octanol–water partition coefficient (Wildman–Crippen LogP) is 3.56. The van der Waals surface area contributed by atoms with Crippen molar-refractivity contribution in [3.8, 4) is 0 Å². The molecular weight excluding hydrogens is 222 g/mol. The van der Waals surface area contributed by atoms with Crippen molar-refractivity contribution >= 4 is 16.6 Å². The van der Waals surface area contributed by atoms with Crippen molar-refractivity contribution in [2.75, 3.05) is 32.0 Å². The first-order valence-corrected chi connectivity index (χ1v) is 6.72. The third kappa shape index (κ3) is 4.08. The molecule has 0 aliphatic rings. The van der Waals surface area contributed by atoms with Gasteiger partial charge in [-0.05, 0) is 43.9 Å². The second-order valence-corrected chi connectivity index (χ2v) is 4.15. The van der Waals surface area contributed by atoms with Gasteiger partial charge < -0.3 is 15.2 Å². The highest BCUT2D eigenvalue weighted by atomic mass is 15.1. The summed E-state index contributed by atoms with van der Waals surface area (Å²) in [6.07, 6.45) is 1.95. The van der Waals surface area contributed by atoms with E-state index in [0.717, 1.165) is 5.69 Å². The van der Waals surface area contributed by atoms with Gasteiger partial charge in [0, 0.05) is 29.8 Å². The minimum atomic E-state index is 1.15. The quantitative estimate of drug-likeness (QED) is 0.865. The lowest BCUT2D eigenvalue weighted by atomic mass is 10.2. The van der Waals surface area contributed by atoms with E-state index >= 15 is 0 Å². The highest BCUT2D eigenvalue weighted by molar-refractivity contribution is 5.82. The van der Waals surface area contributed by atoms with Crippen molar-refractivity contribution in [2.24, 2.45) is 0 Å². The lowest BCUT2D eigenvalue weighted by Crippen LogP contribution is -2.21. The van der Waals surface area contributed by atoms with Crippen LogP contribution in [0.3, 0.4) is 0 Å². The summed E-state index contributed by atoms with van der Waals surface area (Å²) in [6, 6.07) is 8.31. The zero-order valence-corrected chi connectivity index (χ0v) is 12.0. The Morgan fingerprint density at radius 3 is 2.22 bits per heavy atom. The molecule has 3 heteroatoms. The first-order valence-electron chi connectivity index (χ1n) is 6.72. The van der Waals surface area contributed by atoms with Crippen molar-refractivity contribution in [3.63, 3.8) is 0 Å². The Morgan fingerprint density at radius 1 is 1.06 bits per heavy atom. The van der Waals surface area contributed by atoms with Crippen LogP contribution in [0, 0.1) is 0 Å². The van der Waals surface area contributed by atoms with Crippen molar-refractivity contribution in [1.82, 2.24) is 9.88 Å². The summed E-state index contributed by atoms with van der Waals surface area (Å²) in [6.45, 7) is 10.1. The van der Waals surface area contributed by atoms with Crippen LogP contribution in [-0.2, 0) is 0 Å². The Kier molecular flexibility index (Phi) is 6.29. The van der Waals surface area contributed by atoms with Gasteiger partial charge in [-0.1, -0.05) is 20.8 Å². The third-order valence-electron chi connectivity index (χ3n) is 3.18. The number of nitrogens with zero attached hydrogens (tertiary/aromatic N) is 1. The lowest BCUT2D eigenvalue weighted by molar-refractivity contribution is 0.321. The summed E-state index contributed by atoms with van der Waals surface area (Å²) in [5.41, 5.74) is 2.33. The Bertz CT molecular complexity index is 438. The number of aromatic nitrogens is 1. The molecule has 2 N–H and O–H groups in total. The van der Waals surface area contributed by atoms with Gasteiger partial charge in [-0.2, -0.15) is 0 Å². The zero-order chi connectivity index (χ0) is 13.4. The molecule has 0 aliphatic carbocycles. The van der Waals surface area contributed by atoms with Crippen LogP contribution < -0.4 is 5.32 Å². The molecule has 1 aromatic heterocycles. The van der Waals surface area contributed by atoms with Gasteiger partial charge in [0.1, 0.15) is 0 Å². The first-order chi connectivity index (χ1) is 8.74. The largest absolute Gasteiger partial charge is 0.388 e. The maximum absolute atomic E-state index is 3.14. The van der Waals surface area contributed by atoms with Crippen molar-refractivity contribution < 1.29 is 0 Å². The monoisotopic (exact) mass is 247 g/mol. The molecule has 0 spiro atoms. The molecule has 1 aromatic carbocycles. The van der Waals surface area contributed by atoms with Gasteiger partial charge >= 0.3 is 0 Å². The molecular formula is C15H25N3. The Hall–Kier alpha value is -1.48. The molecule has 100 valence electrons. The van der Waals surface area contributed by atoms with Gasteiger partial charge in [-0.3, -0.25) is 0 Å². The third-order valence-corrected chi connectivity index (χ3v) is 3.18. The summed E-state index contributed by atoms with van der Waals surface area (Å²) >= 11 is 0. The summed E-state index contributed by atoms with van der Waals surface area (Å²) in [5, 5.41) is 4.34. The first kappa shape index (κ1) is 14.6. The molecule has 0 radical (unpaired) electrons. The number of anilines is 1. The predicted molar refractivity (Wildman–Crippen MR) is 81.3 cm³/mol. The number of fused-ring (bicyclic) bond motifs is 1. The highest BCUT2D eigenvalue weighted by Gasteiger charge is 1.93. The van der Waals surface area contributed by atoms with Gasteiger partial charge in [0.05, 0.1) is 0 Å². The molecule has 0 fully saturated rings. The summed E-state index contributed by atoms with van der Waals surface area (Å²) in [4.78, 5) is 5.52. The van der Waals surface area contributed by atoms with E-state index in [0.29, 0.717) is 0 Å². The Labute approximate surface area is 110 Å². The van der Waals surface area contributed by atoms with Gasteiger partial charge in [-0.25, -0.2) is 0 Å². The maximum Gasteiger partial charge on any atom is 0.0455 e. The number of hydrogen-bond acceptors (Lipinski definition) is 2. The van der Waals surface area contributed by atoms with Crippen molar-refractivity contribution in [1.29, 1.82) is 0 Å². The Morgan fingerprint density at radius 2 is 1.72 bits per heavy atom. The fourth-order valence-corrected chi connectivity index (χ4v) is 1.88.